The molecule has 0 saturated carbocycles. The predicted octanol–water partition coefficient (Wildman–Crippen LogP) is 4.27. The van der Waals surface area contributed by atoms with Crippen molar-refractivity contribution in [2.75, 3.05) is 19.6 Å². The summed E-state index contributed by atoms with van der Waals surface area (Å²) in [6.07, 6.45) is 1.73. The molecule has 0 aliphatic rings. The van der Waals surface area contributed by atoms with Crippen LogP contribution in [0, 0.1) is 0 Å². The molecule has 1 aromatic heterocycles. The van der Waals surface area contributed by atoms with Crippen LogP contribution in [-0.2, 0) is 12.7 Å². The smallest absolute Gasteiger partial charge is 0.357 e. The minimum atomic E-state index is -4.31. The van der Waals surface area contributed by atoms with Crippen LogP contribution >= 0.6 is 24.0 Å². The highest BCUT2D eigenvalue weighted by Gasteiger charge is 2.30. The number of rotatable bonds is 8. The van der Waals surface area contributed by atoms with Gasteiger partial charge < -0.3 is 15.2 Å². The van der Waals surface area contributed by atoms with E-state index in [2.05, 4.69) is 20.6 Å². The van der Waals surface area contributed by atoms with Gasteiger partial charge in [-0.3, -0.25) is 4.99 Å². The number of alkyl halides is 3. The highest BCUT2D eigenvalue weighted by atomic mass is 127. The molecule has 1 aromatic carbocycles. The molecule has 0 aliphatic heterocycles. The normalized spacial score (nSPS) is 13.0. The van der Waals surface area contributed by atoms with Gasteiger partial charge in [-0.2, -0.15) is 13.2 Å². The average Bonchev–Trinajstić information content (AvgIpc) is 3.14. The summed E-state index contributed by atoms with van der Waals surface area (Å²) in [5.41, 5.74) is 0.0722. The molecule has 0 saturated heterocycles. The van der Waals surface area contributed by atoms with Crippen LogP contribution in [0.2, 0.25) is 0 Å². The number of hydrogen-bond acceptors (Lipinski definition) is 2. The van der Waals surface area contributed by atoms with Gasteiger partial charge in [-0.05, 0) is 30.9 Å². The third kappa shape index (κ3) is 8.07. The standard InChI is InChI=1S/C19H26F3N5.HI/c1-3-24-18(26-10-12-27-11-9-23-14-27)25-8-7-15(2)16-5-4-6-17(13-16)19(20,21)22;/h4-6,9,11,13-15H,3,7-8,10,12H2,1-2H3,(H2,24,25,26);1H. The van der Waals surface area contributed by atoms with E-state index in [1.165, 1.54) is 12.1 Å². The molecule has 0 radical (unpaired) electrons. The fourth-order valence-electron chi connectivity index (χ4n) is 2.62. The lowest BCUT2D eigenvalue weighted by Crippen LogP contribution is -2.38. The summed E-state index contributed by atoms with van der Waals surface area (Å²) in [5.74, 6) is 0.693. The van der Waals surface area contributed by atoms with Crippen LogP contribution in [0.25, 0.3) is 0 Å². The van der Waals surface area contributed by atoms with Gasteiger partial charge in [-0.15, -0.1) is 24.0 Å². The average molecular weight is 509 g/mol. The number of nitrogens with zero attached hydrogens (tertiary/aromatic N) is 3. The number of benzene rings is 1. The number of nitrogens with one attached hydrogen (secondary N) is 2. The van der Waals surface area contributed by atoms with Gasteiger partial charge in [0.2, 0.25) is 0 Å². The van der Waals surface area contributed by atoms with Crippen LogP contribution in [0.4, 0.5) is 13.2 Å². The fourth-order valence-corrected chi connectivity index (χ4v) is 2.62. The molecule has 2 rings (SSSR count). The minimum absolute atomic E-state index is 0. The summed E-state index contributed by atoms with van der Waals surface area (Å²) in [7, 11) is 0. The number of aromatic nitrogens is 2. The molecule has 0 bridgehead atoms. The Balaban J connectivity index is 0.00000392. The fraction of sp³-hybridized carbons (Fsp3) is 0.474. The number of imidazole rings is 1. The first kappa shape index (κ1) is 24.3. The van der Waals surface area contributed by atoms with Crippen LogP contribution in [0.1, 0.15) is 37.3 Å². The summed E-state index contributed by atoms with van der Waals surface area (Å²) >= 11 is 0. The summed E-state index contributed by atoms with van der Waals surface area (Å²) in [5, 5.41) is 6.41. The van der Waals surface area contributed by atoms with E-state index in [0.717, 1.165) is 19.2 Å². The lowest BCUT2D eigenvalue weighted by atomic mass is 9.96. The first-order chi connectivity index (χ1) is 12.9. The van der Waals surface area contributed by atoms with Gasteiger partial charge in [-0.1, -0.05) is 25.1 Å². The summed E-state index contributed by atoms with van der Waals surface area (Å²) in [4.78, 5) is 8.51. The van der Waals surface area contributed by atoms with E-state index >= 15 is 0 Å². The van der Waals surface area contributed by atoms with Crippen molar-refractivity contribution in [3.8, 4) is 0 Å². The molecule has 1 unspecified atom stereocenters. The number of guanidine groups is 1. The van der Waals surface area contributed by atoms with Crippen molar-refractivity contribution in [1.29, 1.82) is 0 Å². The molecular weight excluding hydrogens is 482 g/mol. The molecule has 0 aliphatic carbocycles. The Morgan fingerprint density at radius 3 is 2.71 bits per heavy atom. The zero-order chi connectivity index (χ0) is 19.7. The van der Waals surface area contributed by atoms with Gasteiger partial charge >= 0.3 is 6.18 Å². The maximum absolute atomic E-state index is 12.9. The third-order valence-corrected chi connectivity index (χ3v) is 4.18. The quantitative estimate of drug-likeness (QED) is 0.318. The van der Waals surface area contributed by atoms with Gasteiger partial charge in [0.25, 0.3) is 0 Å². The van der Waals surface area contributed by atoms with Gasteiger partial charge in [0, 0.05) is 38.6 Å². The number of halogens is 4. The Kier molecular flexibility index (Phi) is 10.3. The van der Waals surface area contributed by atoms with E-state index in [-0.39, 0.29) is 29.9 Å². The van der Waals surface area contributed by atoms with E-state index in [4.69, 9.17) is 0 Å². The van der Waals surface area contributed by atoms with E-state index in [9.17, 15) is 13.2 Å². The third-order valence-electron chi connectivity index (χ3n) is 4.18. The van der Waals surface area contributed by atoms with Crippen LogP contribution in [-0.4, -0.2) is 35.1 Å². The molecular formula is C19H27F3IN5. The molecule has 28 heavy (non-hydrogen) atoms. The van der Waals surface area contributed by atoms with Crippen LogP contribution in [0.3, 0.4) is 0 Å². The van der Waals surface area contributed by atoms with Crippen molar-refractivity contribution >= 4 is 29.9 Å². The summed E-state index contributed by atoms with van der Waals surface area (Å²) in [6.45, 7) is 6.64. The van der Waals surface area contributed by atoms with Crippen LogP contribution < -0.4 is 10.6 Å². The molecule has 9 heteroatoms. The van der Waals surface area contributed by atoms with Crippen LogP contribution in [0.5, 0.6) is 0 Å². The minimum Gasteiger partial charge on any atom is -0.357 e. The highest BCUT2D eigenvalue weighted by molar-refractivity contribution is 14.0. The zero-order valence-corrected chi connectivity index (χ0v) is 18.4. The number of aliphatic imine (C=N–C) groups is 1. The van der Waals surface area contributed by atoms with Crippen molar-refractivity contribution in [2.24, 2.45) is 4.99 Å². The van der Waals surface area contributed by atoms with Gasteiger partial charge in [0.05, 0.1) is 11.9 Å². The van der Waals surface area contributed by atoms with Gasteiger partial charge in [0.15, 0.2) is 5.96 Å². The lowest BCUT2D eigenvalue weighted by molar-refractivity contribution is -0.137. The molecule has 156 valence electrons. The Morgan fingerprint density at radius 2 is 2.07 bits per heavy atom. The predicted molar refractivity (Wildman–Crippen MR) is 116 cm³/mol. The van der Waals surface area contributed by atoms with E-state index in [0.29, 0.717) is 31.0 Å². The van der Waals surface area contributed by atoms with Gasteiger partial charge in [0.1, 0.15) is 0 Å². The summed E-state index contributed by atoms with van der Waals surface area (Å²) in [6, 6.07) is 5.52. The monoisotopic (exact) mass is 509 g/mol. The number of hydrogen-bond donors (Lipinski definition) is 2. The van der Waals surface area contributed by atoms with E-state index < -0.39 is 11.7 Å². The molecule has 1 heterocycles. The second-order valence-corrected chi connectivity index (χ2v) is 6.30. The summed E-state index contributed by atoms with van der Waals surface area (Å²) < 4.78 is 40.5. The topological polar surface area (TPSA) is 54.2 Å². The Morgan fingerprint density at radius 1 is 1.29 bits per heavy atom. The second kappa shape index (κ2) is 11.9. The maximum Gasteiger partial charge on any atom is 0.416 e. The molecule has 0 spiro atoms. The second-order valence-electron chi connectivity index (χ2n) is 6.30. The Hall–Kier alpha value is -1.78. The molecule has 5 nitrogen and oxygen atoms in total. The molecule has 0 amide bonds. The van der Waals surface area contributed by atoms with Crippen molar-refractivity contribution in [3.63, 3.8) is 0 Å². The van der Waals surface area contributed by atoms with Crippen molar-refractivity contribution in [2.45, 2.75) is 38.9 Å². The van der Waals surface area contributed by atoms with E-state index in [1.807, 2.05) is 24.6 Å². The van der Waals surface area contributed by atoms with Crippen molar-refractivity contribution < 1.29 is 13.2 Å². The van der Waals surface area contributed by atoms with E-state index in [1.54, 1.807) is 18.6 Å². The molecule has 2 N–H and O–H groups in total. The maximum atomic E-state index is 12.9. The van der Waals surface area contributed by atoms with Gasteiger partial charge in [-0.25, -0.2) is 4.98 Å². The molecule has 0 fully saturated rings. The first-order valence-corrected chi connectivity index (χ1v) is 9.05. The lowest BCUT2D eigenvalue weighted by Gasteiger charge is -2.15. The first-order valence-electron chi connectivity index (χ1n) is 9.05. The zero-order valence-electron chi connectivity index (χ0n) is 16.0. The van der Waals surface area contributed by atoms with Crippen LogP contribution in [0.15, 0.2) is 48.0 Å². The largest absolute Gasteiger partial charge is 0.416 e. The Bertz CT molecular complexity index is 717. The van der Waals surface area contributed by atoms with Crippen molar-refractivity contribution in [3.05, 3.63) is 54.1 Å². The highest BCUT2D eigenvalue weighted by Crippen LogP contribution is 2.31. The van der Waals surface area contributed by atoms with Crippen molar-refractivity contribution in [1.82, 2.24) is 20.2 Å². The Labute approximate surface area is 180 Å². The SMILES string of the molecule is CCNC(=NCCC(C)c1cccc(C(F)(F)F)c1)NCCn1ccnc1.I. The molecule has 2 aromatic rings. The molecule has 1 atom stereocenters.